The van der Waals surface area contributed by atoms with Crippen LogP contribution in [0, 0.1) is 17.8 Å². The molecule has 2 fully saturated rings. The zero-order valence-corrected chi connectivity index (χ0v) is 24.5. The number of likely N-dealkylation sites (tertiary alicyclic amines) is 1. The first-order valence-electron chi connectivity index (χ1n) is 14.2. The Labute approximate surface area is 228 Å². The average Bonchev–Trinajstić information content (AvgIpc) is 2.87. The summed E-state index contributed by atoms with van der Waals surface area (Å²) in [4.78, 5) is 17.9. The Balaban J connectivity index is 1.69. The van der Waals surface area contributed by atoms with E-state index in [0.29, 0.717) is 31.9 Å². The van der Waals surface area contributed by atoms with Gasteiger partial charge in [0.2, 0.25) is 5.91 Å². The van der Waals surface area contributed by atoms with Crippen molar-refractivity contribution in [1.29, 1.82) is 0 Å². The second-order valence-corrected chi connectivity index (χ2v) is 12.6. The van der Waals surface area contributed by atoms with Crippen molar-refractivity contribution in [1.82, 2.24) is 9.80 Å². The van der Waals surface area contributed by atoms with Crippen molar-refractivity contribution in [2.24, 2.45) is 17.8 Å². The first kappa shape index (κ1) is 29.6. The van der Waals surface area contributed by atoms with Gasteiger partial charge in [0, 0.05) is 50.2 Å². The van der Waals surface area contributed by atoms with Gasteiger partial charge in [-0.2, -0.15) is 0 Å². The molecular formula is C30H49BrN2O3. The van der Waals surface area contributed by atoms with Crippen molar-refractivity contribution >= 4 is 21.8 Å². The van der Waals surface area contributed by atoms with Gasteiger partial charge in [0.15, 0.2) is 0 Å². The summed E-state index contributed by atoms with van der Waals surface area (Å²) in [6.07, 6.45) is 12.9. The van der Waals surface area contributed by atoms with E-state index in [2.05, 4.69) is 39.8 Å². The van der Waals surface area contributed by atoms with E-state index in [0.717, 1.165) is 54.7 Å². The smallest absolute Gasteiger partial charge is 0.222 e. The number of halogens is 1. The lowest BCUT2D eigenvalue weighted by Crippen LogP contribution is -2.48. The third kappa shape index (κ3) is 8.82. The van der Waals surface area contributed by atoms with Gasteiger partial charge in [0.05, 0.1) is 5.60 Å². The van der Waals surface area contributed by atoms with Gasteiger partial charge in [-0.15, -0.1) is 0 Å². The topological polar surface area (TPSA) is 53.0 Å². The number of benzene rings is 1. The van der Waals surface area contributed by atoms with E-state index in [1.54, 1.807) is 7.11 Å². The van der Waals surface area contributed by atoms with Crippen molar-refractivity contribution in [3.05, 3.63) is 34.3 Å². The fourth-order valence-electron chi connectivity index (χ4n) is 6.59. The lowest BCUT2D eigenvalue weighted by molar-refractivity contribution is -0.138. The number of unbranched alkanes of at least 4 members (excludes halogenated alkanes) is 1. The monoisotopic (exact) mass is 564 g/mol. The van der Waals surface area contributed by atoms with Gasteiger partial charge < -0.3 is 19.6 Å². The molecule has 204 valence electrons. The van der Waals surface area contributed by atoms with Crippen LogP contribution in [0.5, 0.6) is 0 Å². The van der Waals surface area contributed by atoms with Gasteiger partial charge in [0.1, 0.15) is 0 Å². The van der Waals surface area contributed by atoms with Gasteiger partial charge in [-0.25, -0.2) is 0 Å². The first-order valence-corrected chi connectivity index (χ1v) is 15.0. The number of methoxy groups -OCH3 is 1. The highest BCUT2D eigenvalue weighted by atomic mass is 79.9. The molecule has 5 nitrogen and oxygen atoms in total. The molecule has 1 aromatic rings. The molecule has 3 rings (SSSR count). The molecular weight excluding hydrogens is 516 g/mol. The number of aliphatic hydroxyl groups is 1. The standard InChI is InChI=1S/C30H49BrN2O3/c1-32(2)22-25(19-24-11-5-4-6-12-24)20-29(34)33-17-10-14-27(23-33)30(35,16-7-8-18-36-3)26-13-9-15-28(31)21-26/h9,13,15,21,24-25,27,35H,4-8,10-12,14,16-20,22-23H2,1-3H3/t25-,27-,30-/m1/s1. The third-order valence-corrected chi connectivity index (χ3v) is 8.90. The minimum atomic E-state index is -0.943. The number of carbonyl (C=O) groups is 1. The zero-order valence-electron chi connectivity index (χ0n) is 22.9. The molecule has 0 aromatic heterocycles. The maximum absolute atomic E-state index is 13.6. The molecule has 1 amide bonds. The third-order valence-electron chi connectivity index (χ3n) is 8.41. The minimum Gasteiger partial charge on any atom is -0.385 e. The molecule has 6 heteroatoms. The molecule has 1 N–H and O–H groups in total. The fraction of sp³-hybridized carbons (Fsp3) is 0.767. The summed E-state index contributed by atoms with van der Waals surface area (Å²) in [6, 6.07) is 8.10. The summed E-state index contributed by atoms with van der Waals surface area (Å²) >= 11 is 3.59. The van der Waals surface area contributed by atoms with Crippen LogP contribution < -0.4 is 0 Å². The van der Waals surface area contributed by atoms with Crippen LogP contribution in [0.1, 0.15) is 82.6 Å². The number of amides is 1. The van der Waals surface area contributed by atoms with Crippen LogP contribution >= 0.6 is 15.9 Å². The molecule has 0 spiro atoms. The molecule has 0 bridgehead atoms. The van der Waals surface area contributed by atoms with Crippen molar-refractivity contribution < 1.29 is 14.6 Å². The van der Waals surface area contributed by atoms with Gasteiger partial charge >= 0.3 is 0 Å². The largest absolute Gasteiger partial charge is 0.385 e. The predicted molar refractivity (Wildman–Crippen MR) is 151 cm³/mol. The highest BCUT2D eigenvalue weighted by Crippen LogP contribution is 2.41. The van der Waals surface area contributed by atoms with E-state index >= 15 is 0 Å². The maximum Gasteiger partial charge on any atom is 0.222 e. The number of piperidine rings is 1. The summed E-state index contributed by atoms with van der Waals surface area (Å²) in [6.45, 7) is 3.13. The predicted octanol–water partition coefficient (Wildman–Crippen LogP) is 6.23. The molecule has 0 unspecified atom stereocenters. The van der Waals surface area contributed by atoms with Crippen molar-refractivity contribution in [3.8, 4) is 0 Å². The van der Waals surface area contributed by atoms with E-state index < -0.39 is 5.60 Å². The van der Waals surface area contributed by atoms with Gasteiger partial charge in [-0.3, -0.25) is 4.79 Å². The summed E-state index contributed by atoms with van der Waals surface area (Å²) in [7, 11) is 5.97. The Morgan fingerprint density at radius 2 is 1.97 bits per heavy atom. The second-order valence-electron chi connectivity index (χ2n) is 11.6. The molecule has 3 atom stereocenters. The van der Waals surface area contributed by atoms with E-state index in [4.69, 9.17) is 4.74 Å². The van der Waals surface area contributed by atoms with Crippen molar-refractivity contribution in [3.63, 3.8) is 0 Å². The van der Waals surface area contributed by atoms with Gasteiger partial charge in [-0.05, 0) is 82.2 Å². The van der Waals surface area contributed by atoms with Crippen LogP contribution in [0.2, 0.25) is 0 Å². The van der Waals surface area contributed by atoms with E-state index in [1.807, 2.05) is 24.3 Å². The van der Waals surface area contributed by atoms with Crippen LogP contribution in [-0.2, 0) is 15.1 Å². The Bertz CT molecular complexity index is 798. The molecule has 2 aliphatic rings. The maximum atomic E-state index is 13.6. The van der Waals surface area contributed by atoms with Gasteiger partial charge in [-0.1, -0.05) is 60.2 Å². The highest BCUT2D eigenvalue weighted by molar-refractivity contribution is 9.10. The molecule has 36 heavy (non-hydrogen) atoms. The fourth-order valence-corrected chi connectivity index (χ4v) is 6.98. The number of rotatable bonds is 13. The first-order chi connectivity index (χ1) is 17.3. The van der Waals surface area contributed by atoms with Gasteiger partial charge in [0.25, 0.3) is 0 Å². The second kappa shape index (κ2) is 14.8. The van der Waals surface area contributed by atoms with E-state index in [1.165, 1.54) is 38.5 Å². The Kier molecular flexibility index (Phi) is 12.2. The quantitative estimate of drug-likeness (QED) is 0.288. The Morgan fingerprint density at radius 1 is 1.19 bits per heavy atom. The number of carbonyl (C=O) groups excluding carboxylic acids is 1. The number of hydrogen-bond acceptors (Lipinski definition) is 4. The molecule has 1 aliphatic carbocycles. The normalized spacial score (nSPS) is 21.9. The molecule has 1 aromatic carbocycles. The highest BCUT2D eigenvalue weighted by Gasteiger charge is 2.41. The van der Waals surface area contributed by atoms with Crippen molar-refractivity contribution in [2.75, 3.05) is 47.4 Å². The summed E-state index contributed by atoms with van der Waals surface area (Å²) in [5.74, 6) is 1.50. The van der Waals surface area contributed by atoms with Crippen LogP contribution in [0.15, 0.2) is 28.7 Å². The van der Waals surface area contributed by atoms with E-state index in [9.17, 15) is 9.90 Å². The lowest BCUT2D eigenvalue weighted by atomic mass is 9.74. The summed E-state index contributed by atoms with van der Waals surface area (Å²) in [5.41, 5.74) is 0.0121. The average molecular weight is 566 g/mol. The van der Waals surface area contributed by atoms with Crippen molar-refractivity contribution in [2.45, 2.75) is 82.7 Å². The van der Waals surface area contributed by atoms with Crippen LogP contribution in [0.25, 0.3) is 0 Å². The number of hydrogen-bond donors (Lipinski definition) is 1. The lowest BCUT2D eigenvalue weighted by Gasteiger charge is -2.43. The number of ether oxygens (including phenoxy) is 1. The zero-order chi connectivity index (χ0) is 26.0. The Morgan fingerprint density at radius 3 is 2.67 bits per heavy atom. The minimum absolute atomic E-state index is 0.0395. The number of nitrogens with zero attached hydrogens (tertiary/aromatic N) is 2. The molecule has 0 radical (unpaired) electrons. The van der Waals surface area contributed by atoms with E-state index in [-0.39, 0.29) is 11.8 Å². The molecule has 1 aliphatic heterocycles. The van der Waals surface area contributed by atoms with Crippen LogP contribution in [-0.4, -0.2) is 68.3 Å². The SMILES string of the molecule is COCCCC[C@@](O)(c1cccc(Br)c1)[C@@H]1CCCN(C(=O)C[C@@H](CC2CCCCC2)CN(C)C)C1. The van der Waals surface area contributed by atoms with Crippen LogP contribution in [0.3, 0.4) is 0 Å². The Hall–Kier alpha value is -0.950. The molecule has 1 heterocycles. The molecule has 1 saturated heterocycles. The van der Waals surface area contributed by atoms with Crippen LogP contribution in [0.4, 0.5) is 0 Å². The summed E-state index contributed by atoms with van der Waals surface area (Å²) < 4.78 is 6.23. The summed E-state index contributed by atoms with van der Waals surface area (Å²) in [5, 5.41) is 12.1. The molecule has 1 saturated carbocycles.